The van der Waals surface area contributed by atoms with E-state index in [9.17, 15) is 23.3 Å². The van der Waals surface area contributed by atoms with E-state index >= 15 is 0 Å². The van der Waals surface area contributed by atoms with Gasteiger partial charge in [0.05, 0.1) is 16.4 Å². The van der Waals surface area contributed by atoms with E-state index in [0.717, 1.165) is 12.5 Å². The first kappa shape index (κ1) is 19.6. The number of hydrogen-bond donors (Lipinski definition) is 1. The molecule has 2 saturated heterocycles. The van der Waals surface area contributed by atoms with Crippen LogP contribution >= 0.6 is 0 Å². The van der Waals surface area contributed by atoms with Gasteiger partial charge >= 0.3 is 0 Å². The van der Waals surface area contributed by atoms with Crippen molar-refractivity contribution >= 4 is 27.3 Å². The van der Waals surface area contributed by atoms with E-state index in [1.165, 1.54) is 16.4 Å². The molecule has 0 spiro atoms. The highest BCUT2D eigenvalue weighted by Gasteiger charge is 2.34. The van der Waals surface area contributed by atoms with Gasteiger partial charge in [-0.25, -0.2) is 8.42 Å². The van der Waals surface area contributed by atoms with Crippen LogP contribution in [0.25, 0.3) is 0 Å². The molecule has 2 aliphatic heterocycles. The third-order valence-electron chi connectivity index (χ3n) is 5.00. The molecule has 0 unspecified atom stereocenters. The monoisotopic (exact) mass is 396 g/mol. The van der Waals surface area contributed by atoms with Crippen molar-refractivity contribution in [2.75, 3.05) is 37.6 Å². The number of nitro groups is 1. The molecule has 148 valence electrons. The summed E-state index contributed by atoms with van der Waals surface area (Å²) in [5.74, 6) is 0.262. The quantitative estimate of drug-likeness (QED) is 0.604. The first-order valence-electron chi connectivity index (χ1n) is 8.98. The van der Waals surface area contributed by atoms with Crippen molar-refractivity contribution in [1.82, 2.24) is 9.62 Å². The molecule has 1 aromatic rings. The summed E-state index contributed by atoms with van der Waals surface area (Å²) in [4.78, 5) is 24.1. The molecule has 2 aliphatic rings. The van der Waals surface area contributed by atoms with Crippen LogP contribution in [0.4, 0.5) is 11.4 Å². The van der Waals surface area contributed by atoms with E-state index in [4.69, 9.17) is 0 Å². The van der Waals surface area contributed by atoms with Crippen molar-refractivity contribution in [3.8, 4) is 0 Å². The minimum atomic E-state index is -3.81. The van der Waals surface area contributed by atoms with Gasteiger partial charge in [0.2, 0.25) is 15.9 Å². The number of carbonyl (C=O) groups is 1. The fraction of sp³-hybridized carbons (Fsp3) is 0.588. The zero-order valence-electron chi connectivity index (χ0n) is 15.4. The lowest BCUT2D eigenvalue weighted by Gasteiger charge is -2.34. The second-order valence-corrected chi connectivity index (χ2v) is 9.39. The first-order chi connectivity index (χ1) is 12.7. The summed E-state index contributed by atoms with van der Waals surface area (Å²) in [5, 5.41) is 14.2. The van der Waals surface area contributed by atoms with Crippen molar-refractivity contribution in [2.24, 2.45) is 11.8 Å². The van der Waals surface area contributed by atoms with E-state index in [2.05, 4.69) is 5.32 Å². The highest BCUT2D eigenvalue weighted by atomic mass is 32.2. The fourth-order valence-electron chi connectivity index (χ4n) is 3.87. The topological polar surface area (TPSA) is 113 Å². The lowest BCUT2D eigenvalue weighted by Crippen LogP contribution is -2.47. The van der Waals surface area contributed by atoms with Gasteiger partial charge in [-0.2, -0.15) is 4.31 Å². The molecule has 0 aliphatic carbocycles. The number of nitrogens with one attached hydrogen (secondary N) is 1. The predicted molar refractivity (Wildman–Crippen MR) is 100 cm³/mol. The van der Waals surface area contributed by atoms with Gasteiger partial charge in [0.25, 0.3) is 5.69 Å². The molecule has 2 heterocycles. The van der Waals surface area contributed by atoms with Crippen LogP contribution in [-0.4, -0.2) is 56.3 Å². The van der Waals surface area contributed by atoms with Crippen molar-refractivity contribution < 1.29 is 18.1 Å². The zero-order valence-corrected chi connectivity index (χ0v) is 16.2. The average Bonchev–Trinajstić information content (AvgIpc) is 2.60. The van der Waals surface area contributed by atoms with Gasteiger partial charge in [-0.1, -0.05) is 13.8 Å². The number of sulfonamides is 1. The average molecular weight is 396 g/mol. The van der Waals surface area contributed by atoms with E-state index < -0.39 is 14.9 Å². The van der Waals surface area contributed by atoms with Crippen LogP contribution < -0.4 is 10.2 Å². The van der Waals surface area contributed by atoms with Gasteiger partial charge in [-0.3, -0.25) is 14.9 Å². The summed E-state index contributed by atoms with van der Waals surface area (Å²) in [5.41, 5.74) is -0.0435. The minimum absolute atomic E-state index is 0.00803. The summed E-state index contributed by atoms with van der Waals surface area (Å²) < 4.78 is 27.5. The number of piperidine rings is 1. The lowest BCUT2D eigenvalue weighted by molar-refractivity contribution is -0.384. The van der Waals surface area contributed by atoms with Crippen LogP contribution in [0.2, 0.25) is 0 Å². The Kier molecular flexibility index (Phi) is 5.38. The van der Waals surface area contributed by atoms with Crippen LogP contribution in [-0.2, 0) is 14.8 Å². The molecule has 2 fully saturated rings. The normalized spacial score (nSPS) is 24.5. The number of piperazine rings is 1. The molecule has 1 N–H and O–H groups in total. The smallest absolute Gasteiger partial charge is 0.293 e. The molecule has 0 saturated carbocycles. The maximum atomic E-state index is 13.0. The standard InChI is InChI=1S/C17H24N4O5S/c1-12-7-13(2)10-20(9-12)27(25,26)14-3-4-15(16(8-14)21(23)24)19-6-5-18-17(22)11-19/h3-4,8,12-13H,5-7,9-11H2,1-2H3,(H,18,22)/t12-,13-/m1/s1. The molecule has 3 rings (SSSR count). The minimum Gasteiger partial charge on any atom is -0.355 e. The Morgan fingerprint density at radius 2 is 1.89 bits per heavy atom. The number of nitro benzene ring substituents is 1. The molecule has 0 radical (unpaired) electrons. The maximum Gasteiger partial charge on any atom is 0.293 e. The predicted octanol–water partition coefficient (Wildman–Crippen LogP) is 1.20. The molecule has 1 aromatic carbocycles. The highest BCUT2D eigenvalue weighted by molar-refractivity contribution is 7.89. The summed E-state index contributed by atoms with van der Waals surface area (Å²) in [6, 6.07) is 3.94. The Morgan fingerprint density at radius 3 is 2.48 bits per heavy atom. The molecule has 0 aromatic heterocycles. The van der Waals surface area contributed by atoms with Crippen LogP contribution in [0, 0.1) is 22.0 Å². The van der Waals surface area contributed by atoms with Crippen molar-refractivity contribution in [3.63, 3.8) is 0 Å². The number of hydrogen-bond acceptors (Lipinski definition) is 6. The van der Waals surface area contributed by atoms with E-state index in [-0.39, 0.29) is 40.6 Å². The number of amides is 1. The second kappa shape index (κ2) is 7.43. The number of carbonyl (C=O) groups excluding carboxylic acids is 1. The van der Waals surface area contributed by atoms with Crippen LogP contribution in [0.5, 0.6) is 0 Å². The van der Waals surface area contributed by atoms with E-state index in [1.54, 1.807) is 4.90 Å². The first-order valence-corrected chi connectivity index (χ1v) is 10.4. The molecule has 1 amide bonds. The molecule has 27 heavy (non-hydrogen) atoms. The van der Waals surface area contributed by atoms with Crippen LogP contribution in [0.3, 0.4) is 0 Å². The Bertz CT molecular complexity index is 847. The largest absolute Gasteiger partial charge is 0.355 e. The number of rotatable bonds is 4. The fourth-order valence-corrected chi connectivity index (χ4v) is 5.57. The van der Waals surface area contributed by atoms with Crippen molar-refractivity contribution in [2.45, 2.75) is 25.2 Å². The van der Waals surface area contributed by atoms with Gasteiger partial charge in [0.15, 0.2) is 0 Å². The second-order valence-electron chi connectivity index (χ2n) is 7.45. The van der Waals surface area contributed by atoms with Gasteiger partial charge in [0, 0.05) is 32.2 Å². The Balaban J connectivity index is 1.96. The molecular formula is C17H24N4O5S. The third kappa shape index (κ3) is 4.06. The Morgan fingerprint density at radius 1 is 1.22 bits per heavy atom. The summed E-state index contributed by atoms with van der Waals surface area (Å²) in [6.45, 7) is 5.66. The molecule has 10 heteroatoms. The third-order valence-corrected chi connectivity index (χ3v) is 6.82. The van der Waals surface area contributed by atoms with Crippen molar-refractivity contribution in [3.05, 3.63) is 28.3 Å². The number of benzene rings is 1. The lowest BCUT2D eigenvalue weighted by atomic mass is 9.94. The SMILES string of the molecule is C[C@@H]1C[C@@H](C)CN(S(=O)(=O)c2ccc(N3CCNC(=O)C3)c([N+](=O)[O-])c2)C1. The molecular weight excluding hydrogens is 372 g/mol. The summed E-state index contributed by atoms with van der Waals surface area (Å²) in [6.07, 6.45) is 0.960. The van der Waals surface area contributed by atoms with Gasteiger partial charge in [0.1, 0.15) is 5.69 Å². The number of nitrogens with zero attached hydrogens (tertiary/aromatic N) is 3. The van der Waals surface area contributed by atoms with E-state index in [1.807, 2.05) is 13.8 Å². The highest BCUT2D eigenvalue weighted by Crippen LogP contribution is 2.33. The van der Waals surface area contributed by atoms with Crippen molar-refractivity contribution in [1.29, 1.82) is 0 Å². The molecule has 2 atom stereocenters. The maximum absolute atomic E-state index is 13.0. The van der Waals surface area contributed by atoms with E-state index in [0.29, 0.717) is 26.2 Å². The van der Waals surface area contributed by atoms with Gasteiger partial charge in [-0.05, 0) is 30.4 Å². The number of anilines is 1. The zero-order chi connectivity index (χ0) is 19.8. The van der Waals surface area contributed by atoms with Gasteiger partial charge < -0.3 is 10.2 Å². The molecule has 0 bridgehead atoms. The Hall–Kier alpha value is -2.20. The van der Waals surface area contributed by atoms with Crippen LogP contribution in [0.1, 0.15) is 20.3 Å². The molecule has 9 nitrogen and oxygen atoms in total. The van der Waals surface area contributed by atoms with Gasteiger partial charge in [-0.15, -0.1) is 0 Å². The Labute approximate surface area is 158 Å². The summed E-state index contributed by atoms with van der Waals surface area (Å²) in [7, 11) is -3.81. The van der Waals surface area contributed by atoms with Crippen LogP contribution in [0.15, 0.2) is 23.1 Å². The summed E-state index contributed by atoms with van der Waals surface area (Å²) >= 11 is 0.